The molecule has 0 bridgehead atoms. The normalized spacial score (nSPS) is 24.0. The molecule has 0 aliphatic heterocycles. The van der Waals surface area contributed by atoms with Gasteiger partial charge in [0.25, 0.3) is 10.7 Å². The minimum atomic E-state index is -2.91. The molecular formula is C3Br4F3I. The van der Waals surface area contributed by atoms with Crippen molar-refractivity contribution in [2.75, 3.05) is 0 Å². The van der Waals surface area contributed by atoms with Gasteiger partial charge in [-0.1, -0.05) is 0 Å². The van der Waals surface area contributed by atoms with E-state index in [9.17, 15) is 13.2 Å². The van der Waals surface area contributed by atoms with Crippen LogP contribution in [0.4, 0.5) is 13.2 Å². The van der Waals surface area contributed by atoms with Crippen LogP contribution in [-0.2, 0) is 0 Å². The topological polar surface area (TPSA) is 0 Å². The van der Waals surface area contributed by atoms with Crippen molar-refractivity contribution in [1.29, 1.82) is 0 Å². The first kappa shape index (κ1) is 13.4. The van der Waals surface area contributed by atoms with Crippen LogP contribution in [0.2, 0.25) is 0 Å². The van der Waals surface area contributed by atoms with Crippen molar-refractivity contribution in [2.45, 2.75) is 10.7 Å². The monoisotopic (exact) mass is 536 g/mol. The zero-order valence-corrected chi connectivity index (χ0v) is 13.0. The third kappa shape index (κ3) is 3.25. The van der Waals surface area contributed by atoms with Crippen molar-refractivity contribution in [3.05, 3.63) is 0 Å². The fourth-order valence-electron chi connectivity index (χ4n) is 0.161. The summed E-state index contributed by atoms with van der Waals surface area (Å²) in [5.74, 6) is 0. The molecule has 68 valence electrons. The summed E-state index contributed by atoms with van der Waals surface area (Å²) in [6.07, 6.45) is 0. The van der Waals surface area contributed by atoms with Crippen molar-refractivity contribution in [1.82, 2.24) is 0 Å². The lowest BCUT2D eigenvalue weighted by Crippen LogP contribution is -2.43. The first-order chi connectivity index (χ1) is 4.50. The van der Waals surface area contributed by atoms with E-state index in [1.807, 2.05) is 0 Å². The Bertz CT molecular complexity index is 132. The van der Waals surface area contributed by atoms with Crippen molar-refractivity contribution < 1.29 is 13.2 Å². The van der Waals surface area contributed by atoms with Gasteiger partial charge < -0.3 is 0 Å². The smallest absolute Gasteiger partial charge is 0.220 e. The maximum atomic E-state index is 13.1. The van der Waals surface area contributed by atoms with E-state index >= 15 is 0 Å². The second-order valence-electron chi connectivity index (χ2n) is 1.57. The molecule has 0 radical (unpaired) electrons. The van der Waals surface area contributed by atoms with Gasteiger partial charge in [0.15, 0.2) is 0 Å². The quantitative estimate of drug-likeness (QED) is 0.346. The third-order valence-electron chi connectivity index (χ3n) is 0.712. The first-order valence-corrected chi connectivity index (χ1v) is 6.26. The van der Waals surface area contributed by atoms with E-state index < -0.39 is 10.7 Å². The molecule has 0 aromatic rings. The Balaban J connectivity index is 4.75. The van der Waals surface area contributed by atoms with Gasteiger partial charge in [0.2, 0.25) is 0 Å². The predicted molar refractivity (Wildman–Crippen MR) is 61.2 cm³/mol. The lowest BCUT2D eigenvalue weighted by Gasteiger charge is -2.30. The number of rotatable bonds is 2. The zero-order chi connectivity index (χ0) is 9.50. The molecule has 0 N–H and O–H groups in total. The van der Waals surface area contributed by atoms with Gasteiger partial charge in [0.1, 0.15) is 0 Å². The first-order valence-electron chi connectivity index (χ1n) is 2.01. The molecule has 0 saturated carbocycles. The maximum Gasteiger partial charge on any atom is 0.271 e. The van der Waals surface area contributed by atoms with E-state index in [0.29, 0.717) is 0 Å². The third-order valence-corrected chi connectivity index (χ3v) is 6.52. The molecule has 0 aliphatic rings. The molecule has 8 heteroatoms. The molecule has 0 aromatic heterocycles. The van der Waals surface area contributed by atoms with Crippen LogP contribution in [-0.4, -0.2) is 10.7 Å². The van der Waals surface area contributed by atoms with E-state index in [2.05, 4.69) is 63.7 Å². The molecule has 0 amide bonds. The highest BCUT2D eigenvalue weighted by Gasteiger charge is 2.62. The average Bonchev–Trinajstić information content (AvgIpc) is 1.58. The standard InChI is InChI=1S/C3Br4F3I/c4-1(8,2(5,6)9)3(7,10)11. The molecule has 2 atom stereocenters. The highest BCUT2D eigenvalue weighted by Crippen LogP contribution is 2.58. The van der Waals surface area contributed by atoms with Gasteiger partial charge in [0, 0.05) is 0 Å². The second-order valence-corrected chi connectivity index (χ2v) is 9.97. The molecular weight excluding hydrogens is 540 g/mol. The summed E-state index contributed by atoms with van der Waals surface area (Å²) in [5, 5.41) is 0. The predicted octanol–water partition coefficient (Wildman–Crippen LogP) is 4.91. The van der Waals surface area contributed by atoms with E-state index in [-0.39, 0.29) is 0 Å². The van der Waals surface area contributed by atoms with E-state index in [1.165, 1.54) is 0 Å². The van der Waals surface area contributed by atoms with Crippen molar-refractivity contribution in [3.63, 3.8) is 0 Å². The molecule has 0 fully saturated rings. The minimum Gasteiger partial charge on any atom is -0.220 e. The van der Waals surface area contributed by atoms with Crippen LogP contribution >= 0.6 is 86.3 Å². The van der Waals surface area contributed by atoms with E-state index in [0.717, 1.165) is 22.6 Å². The fraction of sp³-hybridized carbons (Fsp3) is 1.00. The van der Waals surface area contributed by atoms with E-state index in [1.54, 1.807) is 0 Å². The summed E-state index contributed by atoms with van der Waals surface area (Å²) < 4.78 is 30.6. The molecule has 0 rings (SSSR count). The highest BCUT2D eigenvalue weighted by molar-refractivity contribution is 14.1. The summed E-state index contributed by atoms with van der Waals surface area (Å²) >= 11 is 10.2. The van der Waals surface area contributed by atoms with Crippen LogP contribution < -0.4 is 0 Å². The molecule has 0 heterocycles. The number of alkyl halides is 8. The van der Waals surface area contributed by atoms with Gasteiger partial charge in [-0.3, -0.25) is 0 Å². The molecule has 0 aromatic carbocycles. The molecule has 2 unspecified atom stereocenters. The van der Waals surface area contributed by atoms with Crippen LogP contribution in [0.25, 0.3) is 0 Å². The lowest BCUT2D eigenvalue weighted by molar-refractivity contribution is 0.132. The summed E-state index contributed by atoms with van der Waals surface area (Å²) in [4.78, 5) is 0. The average molecular weight is 540 g/mol. The summed E-state index contributed by atoms with van der Waals surface area (Å²) in [6.45, 7) is 0. The van der Waals surface area contributed by atoms with Gasteiger partial charge in [-0.25, -0.2) is 13.2 Å². The largest absolute Gasteiger partial charge is 0.271 e. The maximum absolute atomic E-state index is 13.1. The van der Waals surface area contributed by atoms with E-state index in [4.69, 9.17) is 0 Å². The summed E-state index contributed by atoms with van der Waals surface area (Å²) in [7, 11) is 0. The zero-order valence-electron chi connectivity index (χ0n) is 4.52. The van der Waals surface area contributed by atoms with Crippen LogP contribution in [0.15, 0.2) is 0 Å². The number of halogens is 8. The molecule has 0 aliphatic carbocycles. The minimum absolute atomic E-state index is 1.07. The SMILES string of the molecule is FC(Br)(Br)C(F)(Br)C(F)(Br)I. The van der Waals surface area contributed by atoms with Crippen LogP contribution in [0.3, 0.4) is 0 Å². The van der Waals surface area contributed by atoms with Gasteiger partial charge in [-0.2, -0.15) is 0 Å². The van der Waals surface area contributed by atoms with Crippen LogP contribution in [0.1, 0.15) is 0 Å². The van der Waals surface area contributed by atoms with Gasteiger partial charge in [0.05, 0.1) is 0 Å². The summed E-state index contributed by atoms with van der Waals surface area (Å²) in [6, 6.07) is 0. The Morgan fingerprint density at radius 3 is 1.18 bits per heavy atom. The van der Waals surface area contributed by atoms with Crippen molar-refractivity contribution >= 4 is 86.3 Å². The number of hydrogen-bond acceptors (Lipinski definition) is 0. The van der Waals surface area contributed by atoms with Crippen molar-refractivity contribution in [3.8, 4) is 0 Å². The Kier molecular flexibility index (Phi) is 4.76. The fourth-order valence-corrected chi connectivity index (χ4v) is 2.63. The molecule has 0 nitrogen and oxygen atoms in total. The molecule has 11 heavy (non-hydrogen) atoms. The Morgan fingerprint density at radius 2 is 1.18 bits per heavy atom. The Labute approximate surface area is 109 Å². The van der Waals surface area contributed by atoms with Gasteiger partial charge in [-0.15, -0.1) is 0 Å². The molecule has 0 saturated heterocycles. The van der Waals surface area contributed by atoms with Crippen LogP contribution in [0, 0.1) is 0 Å². The lowest BCUT2D eigenvalue weighted by atomic mass is 10.5. The second kappa shape index (κ2) is 3.90. The Morgan fingerprint density at radius 1 is 0.909 bits per heavy atom. The van der Waals surface area contributed by atoms with Gasteiger partial charge in [-0.05, 0) is 86.3 Å². The summed E-state index contributed by atoms with van der Waals surface area (Å²) in [5.41, 5.74) is 0. The van der Waals surface area contributed by atoms with Crippen LogP contribution in [0.5, 0.6) is 0 Å². The molecule has 0 spiro atoms. The Hall–Kier alpha value is 2.44. The van der Waals surface area contributed by atoms with Gasteiger partial charge >= 0.3 is 0 Å². The highest BCUT2D eigenvalue weighted by atomic mass is 127. The number of hydrogen-bond donors (Lipinski definition) is 0. The van der Waals surface area contributed by atoms with Crippen molar-refractivity contribution in [2.24, 2.45) is 0 Å².